The van der Waals surface area contributed by atoms with Gasteiger partial charge in [-0.1, -0.05) is 26.0 Å². The maximum atomic E-state index is 14.0. The van der Waals surface area contributed by atoms with Gasteiger partial charge in [-0.2, -0.15) is 0 Å². The summed E-state index contributed by atoms with van der Waals surface area (Å²) in [6, 6.07) is 9.04. The molecule has 5 heteroatoms. The first-order valence-corrected chi connectivity index (χ1v) is 7.40. The third-order valence-corrected chi connectivity index (χ3v) is 3.51. The van der Waals surface area contributed by atoms with Gasteiger partial charge in [0.15, 0.2) is 11.6 Å². The zero-order valence-corrected chi connectivity index (χ0v) is 13.4. The van der Waals surface area contributed by atoms with Crippen LogP contribution in [0.15, 0.2) is 40.9 Å². The van der Waals surface area contributed by atoms with Crippen LogP contribution in [0.2, 0.25) is 0 Å². The lowest BCUT2D eigenvalue weighted by atomic mass is 10.2. The molecule has 21 heavy (non-hydrogen) atoms. The first-order valence-electron chi connectivity index (χ1n) is 6.61. The Hall–Kier alpha value is -1.46. The third kappa shape index (κ3) is 4.25. The minimum atomic E-state index is -0.478. The van der Waals surface area contributed by atoms with Crippen LogP contribution in [0.5, 0.6) is 11.5 Å². The normalized spacial score (nSPS) is 11.0. The molecule has 0 amide bonds. The van der Waals surface area contributed by atoms with Gasteiger partial charge in [0, 0.05) is 24.2 Å². The van der Waals surface area contributed by atoms with Crippen molar-refractivity contribution in [2.45, 2.75) is 26.4 Å². The van der Waals surface area contributed by atoms with E-state index in [9.17, 15) is 8.78 Å². The molecule has 2 aromatic rings. The molecule has 2 nitrogen and oxygen atoms in total. The number of halogens is 3. The monoisotopic (exact) mass is 355 g/mol. The van der Waals surface area contributed by atoms with Gasteiger partial charge in [0.25, 0.3) is 0 Å². The molecule has 0 saturated heterocycles. The third-order valence-electron chi connectivity index (χ3n) is 2.85. The summed E-state index contributed by atoms with van der Waals surface area (Å²) in [6.07, 6.45) is 0. The molecule has 2 aromatic carbocycles. The van der Waals surface area contributed by atoms with Crippen LogP contribution in [-0.4, -0.2) is 6.04 Å². The number of hydrogen-bond donors (Lipinski definition) is 1. The van der Waals surface area contributed by atoms with Crippen molar-refractivity contribution in [2.24, 2.45) is 0 Å². The molecular weight excluding hydrogens is 340 g/mol. The lowest BCUT2D eigenvalue weighted by molar-refractivity contribution is 0.426. The van der Waals surface area contributed by atoms with Gasteiger partial charge in [0.05, 0.1) is 4.47 Å². The van der Waals surface area contributed by atoms with E-state index < -0.39 is 11.6 Å². The zero-order valence-electron chi connectivity index (χ0n) is 11.8. The molecule has 0 aromatic heterocycles. The Morgan fingerprint density at radius 1 is 1.19 bits per heavy atom. The highest BCUT2D eigenvalue weighted by atomic mass is 79.9. The highest BCUT2D eigenvalue weighted by molar-refractivity contribution is 9.10. The smallest absolute Gasteiger partial charge is 0.167 e. The number of para-hydroxylation sites is 1. The summed E-state index contributed by atoms with van der Waals surface area (Å²) in [5.74, 6) is -0.566. The fourth-order valence-electron chi connectivity index (χ4n) is 1.79. The quantitative estimate of drug-likeness (QED) is 0.813. The standard InChI is InChI=1S/C16H16BrF2NO/c1-10(2)20-9-11-4-3-5-14(19)16(11)21-15-8-12(18)6-7-13(15)17/h3-8,10,20H,9H2,1-2H3. The largest absolute Gasteiger partial charge is 0.453 e. The Labute approximate surface area is 131 Å². The van der Waals surface area contributed by atoms with Crippen LogP contribution >= 0.6 is 15.9 Å². The first-order chi connectivity index (χ1) is 9.97. The van der Waals surface area contributed by atoms with E-state index in [1.165, 1.54) is 24.3 Å². The van der Waals surface area contributed by atoms with Crippen molar-refractivity contribution in [2.75, 3.05) is 0 Å². The number of hydrogen-bond acceptors (Lipinski definition) is 2. The number of benzene rings is 2. The van der Waals surface area contributed by atoms with Crippen LogP contribution in [-0.2, 0) is 6.54 Å². The molecule has 0 aliphatic rings. The Kier molecular flexibility index (Phi) is 5.31. The van der Waals surface area contributed by atoms with Gasteiger partial charge >= 0.3 is 0 Å². The predicted octanol–water partition coefficient (Wildman–Crippen LogP) is 5.02. The maximum absolute atomic E-state index is 14.0. The number of ether oxygens (including phenoxy) is 1. The average Bonchev–Trinajstić information content (AvgIpc) is 2.43. The SMILES string of the molecule is CC(C)NCc1cccc(F)c1Oc1cc(F)ccc1Br. The average molecular weight is 356 g/mol. The van der Waals surface area contributed by atoms with Crippen molar-refractivity contribution in [1.82, 2.24) is 5.32 Å². The van der Waals surface area contributed by atoms with Gasteiger partial charge in [0.1, 0.15) is 11.6 Å². The van der Waals surface area contributed by atoms with Crippen LogP contribution < -0.4 is 10.1 Å². The highest BCUT2D eigenvalue weighted by Gasteiger charge is 2.13. The van der Waals surface area contributed by atoms with E-state index in [0.717, 1.165) is 0 Å². The summed E-state index contributed by atoms with van der Waals surface area (Å²) < 4.78 is 33.5. The Morgan fingerprint density at radius 3 is 2.67 bits per heavy atom. The lowest BCUT2D eigenvalue weighted by Gasteiger charge is -2.15. The molecular formula is C16H16BrF2NO. The molecule has 0 heterocycles. The molecule has 112 valence electrons. The van der Waals surface area contributed by atoms with E-state index in [-0.39, 0.29) is 17.5 Å². The lowest BCUT2D eigenvalue weighted by Crippen LogP contribution is -2.22. The predicted molar refractivity (Wildman–Crippen MR) is 82.5 cm³/mol. The zero-order chi connectivity index (χ0) is 15.4. The van der Waals surface area contributed by atoms with E-state index in [0.29, 0.717) is 16.6 Å². The first kappa shape index (κ1) is 15.9. The van der Waals surface area contributed by atoms with Crippen LogP contribution in [0.1, 0.15) is 19.4 Å². The van der Waals surface area contributed by atoms with Gasteiger partial charge in [0.2, 0.25) is 0 Å². The van der Waals surface area contributed by atoms with Crippen molar-refractivity contribution in [1.29, 1.82) is 0 Å². The van der Waals surface area contributed by atoms with Crippen molar-refractivity contribution in [3.63, 3.8) is 0 Å². The van der Waals surface area contributed by atoms with E-state index in [2.05, 4.69) is 21.2 Å². The van der Waals surface area contributed by atoms with E-state index in [4.69, 9.17) is 4.74 Å². The summed E-state index contributed by atoms with van der Waals surface area (Å²) in [7, 11) is 0. The van der Waals surface area contributed by atoms with Crippen molar-refractivity contribution in [3.05, 3.63) is 58.1 Å². The minimum Gasteiger partial charge on any atom is -0.453 e. The molecule has 0 unspecified atom stereocenters. The van der Waals surface area contributed by atoms with Gasteiger partial charge < -0.3 is 10.1 Å². The van der Waals surface area contributed by atoms with Gasteiger partial charge in [-0.15, -0.1) is 0 Å². The van der Waals surface area contributed by atoms with Gasteiger partial charge in [-0.05, 0) is 34.1 Å². The van der Waals surface area contributed by atoms with E-state index >= 15 is 0 Å². The van der Waals surface area contributed by atoms with Crippen molar-refractivity contribution >= 4 is 15.9 Å². The molecule has 0 aliphatic heterocycles. The minimum absolute atomic E-state index is 0.108. The van der Waals surface area contributed by atoms with Crippen LogP contribution in [0.25, 0.3) is 0 Å². The van der Waals surface area contributed by atoms with Crippen molar-refractivity contribution in [3.8, 4) is 11.5 Å². The molecule has 0 radical (unpaired) electrons. The summed E-state index contributed by atoms with van der Waals surface area (Å²) in [4.78, 5) is 0. The summed E-state index contributed by atoms with van der Waals surface area (Å²) in [5.41, 5.74) is 0.680. The fourth-order valence-corrected chi connectivity index (χ4v) is 2.11. The molecule has 0 aliphatic carbocycles. The second-order valence-corrected chi connectivity index (χ2v) is 5.79. The molecule has 1 N–H and O–H groups in total. The Bertz CT molecular complexity index is 632. The molecule has 0 atom stereocenters. The second-order valence-electron chi connectivity index (χ2n) is 4.94. The van der Waals surface area contributed by atoms with Gasteiger partial charge in [-0.3, -0.25) is 0 Å². The summed E-state index contributed by atoms with van der Waals surface area (Å²) in [6.45, 7) is 4.48. The van der Waals surface area contributed by atoms with E-state index in [1.54, 1.807) is 12.1 Å². The number of nitrogens with one attached hydrogen (secondary N) is 1. The van der Waals surface area contributed by atoms with Crippen LogP contribution in [0, 0.1) is 11.6 Å². The Balaban J connectivity index is 2.32. The molecule has 0 fully saturated rings. The van der Waals surface area contributed by atoms with Crippen LogP contribution in [0.4, 0.5) is 8.78 Å². The van der Waals surface area contributed by atoms with E-state index in [1.807, 2.05) is 13.8 Å². The Morgan fingerprint density at radius 2 is 1.95 bits per heavy atom. The van der Waals surface area contributed by atoms with Gasteiger partial charge in [-0.25, -0.2) is 8.78 Å². The second kappa shape index (κ2) is 7.00. The molecule has 0 bridgehead atoms. The summed E-state index contributed by atoms with van der Waals surface area (Å²) >= 11 is 3.27. The molecule has 0 saturated carbocycles. The molecule has 2 rings (SSSR count). The number of rotatable bonds is 5. The fraction of sp³-hybridized carbons (Fsp3) is 0.250. The van der Waals surface area contributed by atoms with Crippen molar-refractivity contribution < 1.29 is 13.5 Å². The topological polar surface area (TPSA) is 21.3 Å². The van der Waals surface area contributed by atoms with Crippen LogP contribution in [0.3, 0.4) is 0 Å². The maximum Gasteiger partial charge on any atom is 0.167 e. The summed E-state index contributed by atoms with van der Waals surface area (Å²) in [5, 5.41) is 3.21. The highest BCUT2D eigenvalue weighted by Crippen LogP contribution is 2.33. The molecule has 0 spiro atoms.